The summed E-state index contributed by atoms with van der Waals surface area (Å²) in [7, 11) is 0. The molecule has 6 heteroatoms. The van der Waals surface area contributed by atoms with E-state index in [1.165, 1.54) is 0 Å². The second-order valence-corrected chi connectivity index (χ2v) is 5.98. The Morgan fingerprint density at radius 1 is 1.13 bits per heavy atom. The van der Waals surface area contributed by atoms with Crippen molar-refractivity contribution in [2.75, 3.05) is 11.9 Å². The molecule has 0 aliphatic rings. The Balaban J connectivity index is 2.16. The molecule has 1 atom stereocenters. The molecule has 0 aliphatic heterocycles. The number of anilines is 1. The molecule has 1 unspecified atom stereocenters. The number of aliphatic hydroxyl groups is 1. The van der Waals surface area contributed by atoms with Crippen LogP contribution in [0.3, 0.4) is 0 Å². The number of hydrogen-bond donors (Lipinski definition) is 3. The van der Waals surface area contributed by atoms with Gasteiger partial charge in [0, 0.05) is 5.69 Å². The Morgan fingerprint density at radius 2 is 1.83 bits per heavy atom. The number of amides is 2. The minimum Gasteiger partial charge on any atom is -0.394 e. The molecule has 122 valence electrons. The summed E-state index contributed by atoms with van der Waals surface area (Å²) >= 11 is 11.8. The van der Waals surface area contributed by atoms with E-state index in [1.54, 1.807) is 18.2 Å². The Hall–Kier alpha value is -1.75. The lowest BCUT2D eigenvalue weighted by atomic mass is 9.88. The molecule has 2 rings (SSSR count). The normalized spacial score (nSPS) is 13.2. The Morgan fingerprint density at radius 3 is 2.39 bits per heavy atom. The molecule has 2 amide bonds. The van der Waals surface area contributed by atoms with E-state index < -0.39 is 11.6 Å². The zero-order valence-electron chi connectivity index (χ0n) is 12.6. The molecule has 4 nitrogen and oxygen atoms in total. The van der Waals surface area contributed by atoms with Crippen LogP contribution in [0, 0.1) is 0 Å². The summed E-state index contributed by atoms with van der Waals surface area (Å²) in [6.07, 6.45) is 0.544. The van der Waals surface area contributed by atoms with Crippen molar-refractivity contribution < 1.29 is 9.90 Å². The first-order valence-electron chi connectivity index (χ1n) is 7.21. The second-order valence-electron chi connectivity index (χ2n) is 5.17. The molecular weight excluding hydrogens is 335 g/mol. The molecule has 0 aromatic heterocycles. The van der Waals surface area contributed by atoms with Crippen LogP contribution in [0.1, 0.15) is 18.9 Å². The maximum Gasteiger partial charge on any atom is 0.320 e. The number of hydrogen-bond acceptors (Lipinski definition) is 2. The fourth-order valence-corrected chi connectivity index (χ4v) is 2.62. The van der Waals surface area contributed by atoms with Crippen LogP contribution in [0.2, 0.25) is 10.0 Å². The second kappa shape index (κ2) is 7.68. The van der Waals surface area contributed by atoms with Crippen molar-refractivity contribution in [1.82, 2.24) is 5.32 Å². The lowest BCUT2D eigenvalue weighted by Crippen LogP contribution is -2.49. The standard InChI is InChI=1S/C17H18Cl2N2O2/c1-2-17(11-22,12-6-4-3-5-7-12)21-16(23)20-13-8-9-14(18)15(19)10-13/h3-10,22H,2,11H2,1H3,(H2,20,21,23). The van der Waals surface area contributed by atoms with Gasteiger partial charge < -0.3 is 15.7 Å². The summed E-state index contributed by atoms with van der Waals surface area (Å²) in [6, 6.07) is 13.8. The van der Waals surface area contributed by atoms with Crippen molar-refractivity contribution in [1.29, 1.82) is 0 Å². The molecule has 3 N–H and O–H groups in total. The lowest BCUT2D eigenvalue weighted by molar-refractivity contribution is 0.159. The minimum atomic E-state index is -0.846. The smallest absolute Gasteiger partial charge is 0.320 e. The first-order valence-corrected chi connectivity index (χ1v) is 7.97. The van der Waals surface area contributed by atoms with Gasteiger partial charge in [0.2, 0.25) is 0 Å². The fourth-order valence-electron chi connectivity index (χ4n) is 2.32. The van der Waals surface area contributed by atoms with Crippen LogP contribution in [-0.4, -0.2) is 17.7 Å². The van der Waals surface area contributed by atoms with Gasteiger partial charge >= 0.3 is 6.03 Å². The van der Waals surface area contributed by atoms with Crippen molar-refractivity contribution in [2.45, 2.75) is 18.9 Å². The summed E-state index contributed by atoms with van der Waals surface area (Å²) in [4.78, 5) is 12.3. The molecule has 0 fully saturated rings. The van der Waals surface area contributed by atoms with E-state index in [1.807, 2.05) is 37.3 Å². The van der Waals surface area contributed by atoms with Crippen LogP contribution in [0.15, 0.2) is 48.5 Å². The van der Waals surface area contributed by atoms with Crippen LogP contribution in [0.5, 0.6) is 0 Å². The van der Waals surface area contributed by atoms with E-state index in [2.05, 4.69) is 10.6 Å². The summed E-state index contributed by atoms with van der Waals surface area (Å²) in [5.41, 5.74) is 0.517. The lowest BCUT2D eigenvalue weighted by Gasteiger charge is -2.32. The van der Waals surface area contributed by atoms with Crippen molar-refractivity contribution in [3.63, 3.8) is 0 Å². The Bertz CT molecular complexity index is 674. The number of rotatable bonds is 5. The monoisotopic (exact) mass is 352 g/mol. The Kier molecular flexibility index (Phi) is 5.88. The first kappa shape index (κ1) is 17.6. The van der Waals surface area contributed by atoms with Gasteiger partial charge in [-0.15, -0.1) is 0 Å². The van der Waals surface area contributed by atoms with Gasteiger partial charge in [-0.25, -0.2) is 4.79 Å². The van der Waals surface area contributed by atoms with Crippen LogP contribution in [0.4, 0.5) is 10.5 Å². The highest BCUT2D eigenvalue weighted by molar-refractivity contribution is 6.42. The van der Waals surface area contributed by atoms with Crippen molar-refractivity contribution >= 4 is 34.9 Å². The predicted octanol–water partition coefficient (Wildman–Crippen LogP) is 4.41. The van der Waals surface area contributed by atoms with Gasteiger partial charge in [-0.2, -0.15) is 0 Å². The molecule has 0 spiro atoms. The molecule has 0 radical (unpaired) electrons. The van der Waals surface area contributed by atoms with Gasteiger partial charge in [-0.1, -0.05) is 60.5 Å². The first-order chi connectivity index (χ1) is 11.0. The van der Waals surface area contributed by atoms with Gasteiger partial charge in [0.1, 0.15) is 0 Å². The molecule has 0 saturated heterocycles. The molecule has 0 aliphatic carbocycles. The molecule has 2 aromatic rings. The zero-order valence-corrected chi connectivity index (χ0v) is 14.2. The van der Waals surface area contributed by atoms with Crippen molar-refractivity contribution in [3.05, 3.63) is 64.1 Å². The number of carbonyl (C=O) groups is 1. The molecule has 0 saturated carbocycles. The summed E-state index contributed by atoms with van der Waals surface area (Å²) in [6.45, 7) is 1.70. The fraction of sp³-hybridized carbons (Fsp3) is 0.235. The largest absolute Gasteiger partial charge is 0.394 e. The van der Waals surface area contributed by atoms with E-state index >= 15 is 0 Å². The van der Waals surface area contributed by atoms with Crippen LogP contribution < -0.4 is 10.6 Å². The molecular formula is C17H18Cl2N2O2. The SMILES string of the molecule is CCC(CO)(NC(=O)Nc1ccc(Cl)c(Cl)c1)c1ccccc1. The minimum absolute atomic E-state index is 0.206. The number of nitrogens with one attached hydrogen (secondary N) is 2. The maximum absolute atomic E-state index is 12.3. The number of halogens is 2. The number of urea groups is 1. The van der Waals surface area contributed by atoms with Gasteiger partial charge in [-0.3, -0.25) is 0 Å². The van der Waals surface area contributed by atoms with E-state index in [9.17, 15) is 9.90 Å². The number of aliphatic hydroxyl groups excluding tert-OH is 1. The third-order valence-electron chi connectivity index (χ3n) is 3.73. The van der Waals surface area contributed by atoms with E-state index in [0.717, 1.165) is 5.56 Å². The third-order valence-corrected chi connectivity index (χ3v) is 4.47. The quantitative estimate of drug-likeness (QED) is 0.746. The van der Waals surface area contributed by atoms with E-state index in [4.69, 9.17) is 23.2 Å². The maximum atomic E-state index is 12.3. The number of benzene rings is 2. The van der Waals surface area contributed by atoms with Gasteiger partial charge in [-0.05, 0) is 30.2 Å². The van der Waals surface area contributed by atoms with Crippen LogP contribution >= 0.6 is 23.2 Å². The zero-order chi connectivity index (χ0) is 16.9. The average Bonchev–Trinajstić information content (AvgIpc) is 2.57. The molecule has 0 heterocycles. The Labute approximate surface area is 145 Å². The van der Waals surface area contributed by atoms with Gasteiger partial charge in [0.05, 0.1) is 22.2 Å². The van der Waals surface area contributed by atoms with E-state index in [0.29, 0.717) is 22.2 Å². The van der Waals surface area contributed by atoms with E-state index in [-0.39, 0.29) is 6.61 Å². The highest BCUT2D eigenvalue weighted by Crippen LogP contribution is 2.26. The number of carbonyl (C=O) groups excluding carboxylic acids is 1. The van der Waals surface area contributed by atoms with Gasteiger partial charge in [0.25, 0.3) is 0 Å². The van der Waals surface area contributed by atoms with Crippen molar-refractivity contribution in [2.24, 2.45) is 0 Å². The summed E-state index contributed by atoms with van der Waals surface area (Å²) in [5.74, 6) is 0. The molecule has 23 heavy (non-hydrogen) atoms. The highest BCUT2D eigenvalue weighted by Gasteiger charge is 2.31. The molecule has 0 bridgehead atoms. The molecule has 2 aromatic carbocycles. The third kappa shape index (κ3) is 4.16. The van der Waals surface area contributed by atoms with Gasteiger partial charge in [0.15, 0.2) is 0 Å². The average molecular weight is 353 g/mol. The topological polar surface area (TPSA) is 61.4 Å². The predicted molar refractivity (Wildman–Crippen MR) is 94.1 cm³/mol. The van der Waals surface area contributed by atoms with Crippen LogP contribution in [0.25, 0.3) is 0 Å². The summed E-state index contributed by atoms with van der Waals surface area (Å²) in [5, 5.41) is 16.2. The highest BCUT2D eigenvalue weighted by atomic mass is 35.5. The summed E-state index contributed by atoms with van der Waals surface area (Å²) < 4.78 is 0. The van der Waals surface area contributed by atoms with Crippen molar-refractivity contribution in [3.8, 4) is 0 Å². The van der Waals surface area contributed by atoms with Crippen LogP contribution in [-0.2, 0) is 5.54 Å².